The number of carbonyl (C=O) groups is 2. The topological polar surface area (TPSA) is 108 Å². The molecule has 1 amide bonds. The van der Waals surface area contributed by atoms with Crippen LogP contribution in [0.4, 0.5) is 5.69 Å². The summed E-state index contributed by atoms with van der Waals surface area (Å²) in [6.45, 7) is 3.92. The molecule has 0 aliphatic carbocycles. The molecule has 4 N–H and O–H groups in total. The predicted octanol–water partition coefficient (Wildman–Crippen LogP) is 4.78. The van der Waals surface area contributed by atoms with Crippen molar-refractivity contribution in [3.05, 3.63) is 77.9 Å². The Hall–Kier alpha value is -3.84. The number of rotatable bonds is 7. The smallest absolute Gasteiger partial charge is 0.337 e. The van der Waals surface area contributed by atoms with Crippen LogP contribution in [0.15, 0.2) is 66.7 Å². The highest BCUT2D eigenvalue weighted by Gasteiger charge is 2.23. The van der Waals surface area contributed by atoms with Crippen LogP contribution >= 0.6 is 0 Å². The molecule has 1 aliphatic heterocycles. The van der Waals surface area contributed by atoms with Crippen molar-refractivity contribution in [1.29, 1.82) is 0 Å². The first-order chi connectivity index (χ1) is 16.4. The van der Waals surface area contributed by atoms with Gasteiger partial charge in [0, 0.05) is 0 Å². The van der Waals surface area contributed by atoms with Gasteiger partial charge in [0.2, 0.25) is 0 Å². The van der Waals surface area contributed by atoms with Crippen molar-refractivity contribution < 1.29 is 24.5 Å². The summed E-state index contributed by atoms with van der Waals surface area (Å²) in [5, 5.41) is 25.9. The Morgan fingerprint density at radius 3 is 2.41 bits per heavy atom. The van der Waals surface area contributed by atoms with Crippen LogP contribution in [0.3, 0.4) is 0 Å². The van der Waals surface area contributed by atoms with E-state index in [1.165, 1.54) is 18.2 Å². The SMILES string of the molecule is CC(Oc1ccc(O)c(C(=O)Nc2cc(-c3ccccc3)ccc2C(=O)O)c1)C1CCNCC1. The van der Waals surface area contributed by atoms with Crippen molar-refractivity contribution in [2.45, 2.75) is 25.9 Å². The van der Waals surface area contributed by atoms with Crippen molar-refractivity contribution in [2.24, 2.45) is 5.92 Å². The predicted molar refractivity (Wildman–Crippen MR) is 131 cm³/mol. The van der Waals surface area contributed by atoms with Gasteiger partial charge in [-0.25, -0.2) is 4.79 Å². The molecule has 0 aromatic heterocycles. The molecule has 0 spiro atoms. The number of phenols is 1. The molecule has 1 aliphatic rings. The maximum absolute atomic E-state index is 13.1. The van der Waals surface area contributed by atoms with E-state index < -0.39 is 11.9 Å². The number of phenolic OH excluding ortho intramolecular Hbond substituents is 1. The Bertz CT molecular complexity index is 1170. The van der Waals surface area contributed by atoms with Crippen molar-refractivity contribution in [1.82, 2.24) is 5.32 Å². The highest BCUT2D eigenvalue weighted by atomic mass is 16.5. The Kier molecular flexibility index (Phi) is 7.13. The second kappa shape index (κ2) is 10.4. The summed E-state index contributed by atoms with van der Waals surface area (Å²) in [5.74, 6) is -1.11. The largest absolute Gasteiger partial charge is 0.507 e. The van der Waals surface area contributed by atoms with E-state index in [9.17, 15) is 19.8 Å². The molecule has 4 rings (SSSR count). The highest BCUT2D eigenvalue weighted by Crippen LogP contribution is 2.30. The first-order valence-electron chi connectivity index (χ1n) is 11.4. The normalized spacial score (nSPS) is 14.9. The van der Waals surface area contributed by atoms with Gasteiger partial charge in [0.05, 0.1) is 22.9 Å². The number of amides is 1. The monoisotopic (exact) mass is 460 g/mol. The van der Waals surface area contributed by atoms with Crippen molar-refractivity contribution >= 4 is 17.6 Å². The molecule has 7 nitrogen and oxygen atoms in total. The number of piperidine rings is 1. The van der Waals surface area contributed by atoms with E-state index in [0.29, 0.717) is 11.7 Å². The molecular formula is C27H28N2O5. The molecule has 176 valence electrons. The fraction of sp³-hybridized carbons (Fsp3) is 0.259. The van der Waals surface area contributed by atoms with Crippen LogP contribution < -0.4 is 15.4 Å². The lowest BCUT2D eigenvalue weighted by Crippen LogP contribution is -2.35. The van der Waals surface area contributed by atoms with E-state index in [1.54, 1.807) is 18.2 Å². The van der Waals surface area contributed by atoms with Crippen LogP contribution in [0.1, 0.15) is 40.5 Å². The number of nitrogens with one attached hydrogen (secondary N) is 2. The summed E-state index contributed by atoms with van der Waals surface area (Å²) in [6.07, 6.45) is 1.99. The number of carbonyl (C=O) groups excluding carboxylic acids is 1. The number of aromatic hydroxyl groups is 1. The summed E-state index contributed by atoms with van der Waals surface area (Å²) >= 11 is 0. The van der Waals surface area contributed by atoms with Crippen molar-refractivity contribution in [2.75, 3.05) is 18.4 Å². The fourth-order valence-corrected chi connectivity index (χ4v) is 4.23. The Balaban J connectivity index is 1.57. The summed E-state index contributed by atoms with van der Waals surface area (Å²) < 4.78 is 6.08. The number of carboxylic acid groups (broad SMARTS) is 1. The minimum absolute atomic E-state index is 0.0106. The summed E-state index contributed by atoms with van der Waals surface area (Å²) in [4.78, 5) is 24.8. The average molecular weight is 461 g/mol. The molecule has 34 heavy (non-hydrogen) atoms. The second-order valence-electron chi connectivity index (χ2n) is 8.48. The Morgan fingerprint density at radius 1 is 0.971 bits per heavy atom. The van der Waals surface area contributed by atoms with Gasteiger partial charge in [0.1, 0.15) is 11.5 Å². The number of hydrogen-bond donors (Lipinski definition) is 4. The maximum atomic E-state index is 13.1. The molecule has 1 unspecified atom stereocenters. The molecule has 0 saturated carbocycles. The molecule has 0 bridgehead atoms. The Morgan fingerprint density at radius 2 is 1.71 bits per heavy atom. The maximum Gasteiger partial charge on any atom is 0.337 e. The number of hydrogen-bond acceptors (Lipinski definition) is 5. The third-order valence-corrected chi connectivity index (χ3v) is 6.19. The number of benzene rings is 3. The van der Waals surface area contributed by atoms with Crippen molar-refractivity contribution in [3.63, 3.8) is 0 Å². The molecule has 3 aromatic carbocycles. The fourth-order valence-electron chi connectivity index (χ4n) is 4.23. The van der Waals surface area contributed by atoms with Gasteiger partial charge in [-0.1, -0.05) is 36.4 Å². The van der Waals surface area contributed by atoms with Crippen LogP contribution in [0.5, 0.6) is 11.5 Å². The number of aromatic carboxylic acids is 1. The van der Waals surface area contributed by atoms with Crippen LogP contribution in [0.25, 0.3) is 11.1 Å². The zero-order chi connectivity index (χ0) is 24.1. The zero-order valence-corrected chi connectivity index (χ0v) is 19.0. The standard InChI is InChI=1S/C27H28N2O5/c1-17(18-11-13-28-14-12-18)34-21-8-10-25(30)23(16-21)26(31)29-24-15-20(7-9-22(24)27(32)33)19-5-3-2-4-6-19/h2-10,15-18,28,30H,11-14H2,1H3,(H,29,31)(H,32,33). The molecule has 1 fully saturated rings. The van der Waals surface area contributed by atoms with Crippen LogP contribution in [-0.2, 0) is 0 Å². The van der Waals surface area contributed by atoms with E-state index in [1.807, 2.05) is 37.3 Å². The Labute approximate surface area is 198 Å². The summed E-state index contributed by atoms with van der Waals surface area (Å²) in [6, 6.07) is 18.8. The first-order valence-corrected chi connectivity index (χ1v) is 11.4. The quantitative estimate of drug-likeness (QED) is 0.404. The second-order valence-corrected chi connectivity index (χ2v) is 8.48. The van der Waals surface area contributed by atoms with Gasteiger partial charge < -0.3 is 25.6 Å². The third-order valence-electron chi connectivity index (χ3n) is 6.19. The average Bonchev–Trinajstić information content (AvgIpc) is 2.86. The molecule has 0 radical (unpaired) electrons. The third kappa shape index (κ3) is 5.38. The number of ether oxygens (including phenoxy) is 1. The summed E-state index contributed by atoms with van der Waals surface area (Å²) in [5.41, 5.74) is 1.77. The van der Waals surface area contributed by atoms with Crippen LogP contribution in [0, 0.1) is 5.92 Å². The van der Waals surface area contributed by atoms with Gasteiger partial charge in [-0.3, -0.25) is 4.79 Å². The van der Waals surface area contributed by atoms with Crippen molar-refractivity contribution in [3.8, 4) is 22.6 Å². The van der Waals surface area contributed by atoms with E-state index in [0.717, 1.165) is 37.1 Å². The lowest BCUT2D eigenvalue weighted by Gasteiger charge is -2.28. The lowest BCUT2D eigenvalue weighted by atomic mass is 9.93. The zero-order valence-electron chi connectivity index (χ0n) is 19.0. The van der Waals surface area contributed by atoms with E-state index in [-0.39, 0.29) is 28.7 Å². The van der Waals surface area contributed by atoms with E-state index >= 15 is 0 Å². The summed E-state index contributed by atoms with van der Waals surface area (Å²) in [7, 11) is 0. The van der Waals surface area contributed by atoms with Crippen LogP contribution in [0.2, 0.25) is 0 Å². The lowest BCUT2D eigenvalue weighted by molar-refractivity contribution is 0.0698. The highest BCUT2D eigenvalue weighted by molar-refractivity contribution is 6.09. The first kappa shape index (κ1) is 23.3. The van der Waals surface area contributed by atoms with Gasteiger partial charge in [0.25, 0.3) is 5.91 Å². The van der Waals surface area contributed by atoms with E-state index in [2.05, 4.69) is 10.6 Å². The van der Waals surface area contributed by atoms with Gasteiger partial charge in [-0.2, -0.15) is 0 Å². The molecule has 1 heterocycles. The molecule has 7 heteroatoms. The number of anilines is 1. The minimum Gasteiger partial charge on any atom is -0.507 e. The molecule has 3 aromatic rings. The van der Waals surface area contributed by atoms with Gasteiger partial charge >= 0.3 is 5.97 Å². The van der Waals surface area contributed by atoms with Gasteiger partial charge in [-0.05, 0) is 80.2 Å². The number of carboxylic acids is 1. The molecular weight excluding hydrogens is 432 g/mol. The molecule has 1 saturated heterocycles. The van der Waals surface area contributed by atoms with Crippen LogP contribution in [-0.4, -0.2) is 41.3 Å². The van der Waals surface area contributed by atoms with E-state index in [4.69, 9.17) is 4.74 Å². The molecule has 1 atom stereocenters. The minimum atomic E-state index is -1.16. The van der Waals surface area contributed by atoms with Gasteiger partial charge in [0.15, 0.2) is 0 Å². The van der Waals surface area contributed by atoms with Gasteiger partial charge in [-0.15, -0.1) is 0 Å².